The summed E-state index contributed by atoms with van der Waals surface area (Å²) in [7, 11) is -1.24. The number of rotatable bonds is 3. The van der Waals surface area contributed by atoms with E-state index in [9.17, 15) is 5.11 Å². The summed E-state index contributed by atoms with van der Waals surface area (Å²) in [5.41, 5.74) is 5.87. The van der Waals surface area contributed by atoms with E-state index in [2.05, 4.69) is 49.6 Å². The Bertz CT molecular complexity index is 480. The molecule has 96 valence electrons. The van der Waals surface area contributed by atoms with Crippen molar-refractivity contribution in [3.05, 3.63) is 53.2 Å². The van der Waals surface area contributed by atoms with Gasteiger partial charge in [0.2, 0.25) is 0 Å². The highest BCUT2D eigenvalue weighted by Gasteiger charge is 2.17. The summed E-state index contributed by atoms with van der Waals surface area (Å²) >= 11 is 0. The van der Waals surface area contributed by atoms with Crippen molar-refractivity contribution in [3.63, 3.8) is 0 Å². The first kappa shape index (κ1) is 13.3. The van der Waals surface area contributed by atoms with E-state index in [0.717, 1.165) is 18.4 Å². The van der Waals surface area contributed by atoms with E-state index in [1.807, 2.05) is 12.1 Å². The number of aliphatic hydroxyl groups is 1. The second kappa shape index (κ2) is 5.25. The average molecular weight is 258 g/mol. The lowest BCUT2D eigenvalue weighted by Gasteiger charge is -2.21. The predicted octanol–water partition coefficient (Wildman–Crippen LogP) is 3.81. The van der Waals surface area contributed by atoms with Crippen LogP contribution in [-0.2, 0) is 6.42 Å². The van der Waals surface area contributed by atoms with Gasteiger partial charge in [0.1, 0.15) is 0 Å². The van der Waals surface area contributed by atoms with E-state index < -0.39 is 14.2 Å². The summed E-state index contributed by atoms with van der Waals surface area (Å²) in [5.74, 6) is 0. The number of benzene rings is 1. The Morgan fingerprint density at radius 1 is 1.22 bits per heavy atom. The van der Waals surface area contributed by atoms with Crippen LogP contribution in [-0.4, -0.2) is 19.3 Å². The topological polar surface area (TPSA) is 20.2 Å². The summed E-state index contributed by atoms with van der Waals surface area (Å²) in [6, 6.07) is 8.40. The van der Waals surface area contributed by atoms with Gasteiger partial charge < -0.3 is 5.11 Å². The molecular formula is C16H22OSi. The van der Waals surface area contributed by atoms with E-state index >= 15 is 0 Å². The maximum Gasteiger partial charge on any atom is 0.0970 e. The number of aryl methyl sites for hydroxylation is 1. The van der Waals surface area contributed by atoms with Gasteiger partial charge in [-0.25, -0.2) is 0 Å². The number of aliphatic hydroxyl groups excluding tert-OH is 1. The normalized spacial score (nSPS) is 17.4. The quantitative estimate of drug-likeness (QED) is 0.817. The number of hydrogen-bond donors (Lipinski definition) is 1. The Hall–Kier alpha value is -1.12. The van der Waals surface area contributed by atoms with E-state index in [1.165, 1.54) is 11.1 Å². The number of allylic oxidation sites excluding steroid dienone is 1. The highest BCUT2D eigenvalue weighted by Crippen LogP contribution is 2.29. The van der Waals surface area contributed by atoms with Crippen LogP contribution in [0.15, 0.2) is 42.1 Å². The van der Waals surface area contributed by atoms with E-state index in [-0.39, 0.29) is 0 Å². The van der Waals surface area contributed by atoms with Crippen molar-refractivity contribution < 1.29 is 5.11 Å². The summed E-state index contributed by atoms with van der Waals surface area (Å²) in [5, 5.41) is 10.4. The molecule has 0 heterocycles. The molecule has 0 amide bonds. The fraction of sp³-hybridized carbons (Fsp3) is 0.375. The van der Waals surface area contributed by atoms with Gasteiger partial charge >= 0.3 is 0 Å². The lowest BCUT2D eigenvalue weighted by atomic mass is 9.88. The zero-order chi connectivity index (χ0) is 13.2. The largest absolute Gasteiger partial charge is 0.384 e. The first-order valence-electron chi connectivity index (χ1n) is 6.63. The maximum atomic E-state index is 10.4. The molecule has 2 rings (SSSR count). The maximum absolute atomic E-state index is 10.4. The van der Waals surface area contributed by atoms with Gasteiger partial charge in [0, 0.05) is 0 Å². The molecular weight excluding hydrogens is 236 g/mol. The van der Waals surface area contributed by atoms with E-state index in [4.69, 9.17) is 0 Å². The summed E-state index contributed by atoms with van der Waals surface area (Å²) in [6.45, 7) is 6.83. The lowest BCUT2D eigenvalue weighted by molar-refractivity contribution is 0.280. The highest BCUT2D eigenvalue weighted by atomic mass is 28.3. The SMILES string of the molecule is C[Si](C)(C)/C=C/C(O)C1=CCCc2ccccc21. The zero-order valence-electron chi connectivity index (χ0n) is 11.5. The van der Waals surface area contributed by atoms with Crippen LogP contribution < -0.4 is 0 Å². The van der Waals surface area contributed by atoms with Gasteiger partial charge in [0.15, 0.2) is 0 Å². The van der Waals surface area contributed by atoms with Gasteiger partial charge in [-0.05, 0) is 29.5 Å². The van der Waals surface area contributed by atoms with Crippen LogP contribution in [0.4, 0.5) is 0 Å². The molecule has 1 aliphatic rings. The smallest absolute Gasteiger partial charge is 0.0970 e. The molecule has 1 atom stereocenters. The fourth-order valence-electron chi connectivity index (χ4n) is 2.28. The van der Waals surface area contributed by atoms with Crippen LogP contribution in [0.2, 0.25) is 19.6 Å². The second-order valence-electron chi connectivity index (χ2n) is 6.03. The molecule has 18 heavy (non-hydrogen) atoms. The highest BCUT2D eigenvalue weighted by molar-refractivity contribution is 6.80. The third-order valence-electron chi connectivity index (χ3n) is 3.20. The Kier molecular flexibility index (Phi) is 3.88. The van der Waals surface area contributed by atoms with Crippen LogP contribution >= 0.6 is 0 Å². The molecule has 0 fully saturated rings. The zero-order valence-corrected chi connectivity index (χ0v) is 12.5. The molecule has 0 spiro atoms. The van der Waals surface area contributed by atoms with Crippen molar-refractivity contribution in [2.45, 2.75) is 38.6 Å². The lowest BCUT2D eigenvalue weighted by Crippen LogP contribution is -2.18. The molecule has 0 saturated heterocycles. The Morgan fingerprint density at radius 2 is 1.94 bits per heavy atom. The molecule has 0 saturated carbocycles. The fourth-order valence-corrected chi connectivity index (χ4v) is 3.04. The van der Waals surface area contributed by atoms with Crippen LogP contribution in [0.1, 0.15) is 17.5 Å². The van der Waals surface area contributed by atoms with Crippen LogP contribution in [0.5, 0.6) is 0 Å². The molecule has 1 aliphatic carbocycles. The van der Waals surface area contributed by atoms with E-state index in [1.54, 1.807) is 0 Å². The predicted molar refractivity (Wildman–Crippen MR) is 81.2 cm³/mol. The minimum absolute atomic E-state index is 0.460. The summed E-state index contributed by atoms with van der Waals surface area (Å²) in [4.78, 5) is 0. The van der Waals surface area contributed by atoms with Gasteiger partial charge in [-0.1, -0.05) is 61.8 Å². The van der Waals surface area contributed by atoms with Crippen molar-refractivity contribution in [1.29, 1.82) is 0 Å². The molecule has 1 nitrogen and oxygen atoms in total. The molecule has 1 N–H and O–H groups in total. The molecule has 2 heteroatoms. The van der Waals surface area contributed by atoms with E-state index in [0.29, 0.717) is 0 Å². The third-order valence-corrected chi connectivity index (χ3v) is 4.40. The molecule has 1 aromatic carbocycles. The first-order valence-corrected chi connectivity index (χ1v) is 10.2. The molecule has 0 aliphatic heterocycles. The second-order valence-corrected chi connectivity index (χ2v) is 11.1. The van der Waals surface area contributed by atoms with Gasteiger partial charge in [0.05, 0.1) is 14.2 Å². The van der Waals surface area contributed by atoms with Crippen LogP contribution in [0.25, 0.3) is 5.57 Å². The minimum atomic E-state index is -1.24. The Morgan fingerprint density at radius 3 is 2.67 bits per heavy atom. The summed E-state index contributed by atoms with van der Waals surface area (Å²) < 4.78 is 0. The van der Waals surface area contributed by atoms with Crippen LogP contribution in [0, 0.1) is 0 Å². The Labute approximate surface area is 111 Å². The van der Waals surface area contributed by atoms with Crippen molar-refractivity contribution >= 4 is 13.6 Å². The molecule has 1 aromatic rings. The van der Waals surface area contributed by atoms with Crippen LogP contribution in [0.3, 0.4) is 0 Å². The molecule has 1 unspecified atom stereocenters. The molecule has 0 radical (unpaired) electrons. The Balaban J connectivity index is 2.24. The van der Waals surface area contributed by atoms with Crippen molar-refractivity contribution in [1.82, 2.24) is 0 Å². The molecule has 0 bridgehead atoms. The average Bonchev–Trinajstić information content (AvgIpc) is 2.34. The summed E-state index contributed by atoms with van der Waals surface area (Å²) in [6.07, 6.45) is 5.81. The number of fused-ring (bicyclic) bond motifs is 1. The minimum Gasteiger partial charge on any atom is -0.384 e. The van der Waals surface area contributed by atoms with Gasteiger partial charge in [0.25, 0.3) is 0 Å². The van der Waals surface area contributed by atoms with Gasteiger partial charge in [-0.3, -0.25) is 0 Å². The number of hydrogen-bond acceptors (Lipinski definition) is 1. The first-order chi connectivity index (χ1) is 8.47. The van der Waals surface area contributed by atoms with Gasteiger partial charge in [-0.2, -0.15) is 0 Å². The van der Waals surface area contributed by atoms with Crippen molar-refractivity contribution in [2.24, 2.45) is 0 Å². The van der Waals surface area contributed by atoms with Crippen molar-refractivity contribution in [3.8, 4) is 0 Å². The van der Waals surface area contributed by atoms with Gasteiger partial charge in [-0.15, -0.1) is 0 Å². The van der Waals surface area contributed by atoms with Crippen molar-refractivity contribution in [2.75, 3.05) is 0 Å². The standard InChI is InChI=1S/C16H22OSi/c1-18(2,3)12-11-16(17)15-10-6-8-13-7-4-5-9-14(13)15/h4-5,7,9-12,16-17H,6,8H2,1-3H3/b12-11+. The molecule has 0 aromatic heterocycles. The third kappa shape index (κ3) is 3.21. The monoisotopic (exact) mass is 258 g/mol.